The average Bonchev–Trinajstić information content (AvgIpc) is 2.63. The SMILES string of the molecule is Nc1n[nH]c(COc2ccccc2F)n1. The second-order valence-corrected chi connectivity index (χ2v) is 2.86. The van der Waals surface area contributed by atoms with Gasteiger partial charge < -0.3 is 10.5 Å². The maximum absolute atomic E-state index is 13.1. The van der Waals surface area contributed by atoms with Crippen molar-refractivity contribution in [3.63, 3.8) is 0 Å². The van der Waals surface area contributed by atoms with Gasteiger partial charge in [0.1, 0.15) is 6.61 Å². The fourth-order valence-electron chi connectivity index (χ4n) is 1.08. The summed E-state index contributed by atoms with van der Waals surface area (Å²) in [5, 5.41) is 6.18. The first-order valence-corrected chi connectivity index (χ1v) is 4.30. The van der Waals surface area contributed by atoms with Gasteiger partial charge in [-0.25, -0.2) is 4.39 Å². The van der Waals surface area contributed by atoms with Gasteiger partial charge in [-0.3, -0.25) is 5.10 Å². The van der Waals surface area contributed by atoms with E-state index in [-0.39, 0.29) is 18.3 Å². The number of halogens is 1. The molecule has 0 amide bonds. The van der Waals surface area contributed by atoms with E-state index in [4.69, 9.17) is 10.5 Å². The number of para-hydroxylation sites is 1. The van der Waals surface area contributed by atoms with Gasteiger partial charge in [0.05, 0.1) is 0 Å². The molecule has 1 heterocycles. The number of H-pyrrole nitrogens is 1. The average molecular weight is 208 g/mol. The molecule has 1 aromatic carbocycles. The molecular formula is C9H9FN4O. The summed E-state index contributed by atoms with van der Waals surface area (Å²) in [6.45, 7) is 0.102. The smallest absolute Gasteiger partial charge is 0.239 e. The molecule has 0 fully saturated rings. The quantitative estimate of drug-likeness (QED) is 0.791. The van der Waals surface area contributed by atoms with Crippen LogP contribution in [0.3, 0.4) is 0 Å². The van der Waals surface area contributed by atoms with E-state index >= 15 is 0 Å². The van der Waals surface area contributed by atoms with Gasteiger partial charge in [0.2, 0.25) is 5.95 Å². The van der Waals surface area contributed by atoms with Gasteiger partial charge in [0.15, 0.2) is 17.4 Å². The molecule has 1 aromatic heterocycles. The first-order chi connectivity index (χ1) is 7.25. The summed E-state index contributed by atoms with van der Waals surface area (Å²) in [5.41, 5.74) is 5.29. The van der Waals surface area contributed by atoms with Crippen molar-refractivity contribution in [2.45, 2.75) is 6.61 Å². The van der Waals surface area contributed by atoms with Crippen LogP contribution < -0.4 is 10.5 Å². The van der Waals surface area contributed by atoms with Crippen molar-refractivity contribution in [2.75, 3.05) is 5.73 Å². The number of hydrogen-bond donors (Lipinski definition) is 2. The largest absolute Gasteiger partial charge is 0.483 e. The highest BCUT2D eigenvalue weighted by atomic mass is 19.1. The third-order valence-electron chi connectivity index (χ3n) is 1.75. The molecule has 5 nitrogen and oxygen atoms in total. The van der Waals surface area contributed by atoms with Crippen molar-refractivity contribution in [2.24, 2.45) is 0 Å². The number of aromatic amines is 1. The molecule has 0 atom stereocenters. The van der Waals surface area contributed by atoms with Crippen LogP contribution in [0, 0.1) is 5.82 Å². The van der Waals surface area contributed by atoms with Crippen LogP contribution in [-0.2, 0) is 6.61 Å². The van der Waals surface area contributed by atoms with E-state index in [9.17, 15) is 4.39 Å². The minimum absolute atomic E-state index is 0.102. The molecule has 2 rings (SSSR count). The Labute approximate surface area is 85.1 Å². The van der Waals surface area contributed by atoms with Crippen molar-refractivity contribution >= 4 is 5.95 Å². The Bertz CT molecular complexity index is 457. The molecule has 3 N–H and O–H groups in total. The maximum atomic E-state index is 13.1. The number of nitrogens with one attached hydrogen (secondary N) is 1. The van der Waals surface area contributed by atoms with Crippen LogP contribution in [0.15, 0.2) is 24.3 Å². The number of rotatable bonds is 3. The highest BCUT2D eigenvalue weighted by Crippen LogP contribution is 2.16. The van der Waals surface area contributed by atoms with Gasteiger partial charge in [0, 0.05) is 0 Å². The van der Waals surface area contributed by atoms with Gasteiger partial charge in [-0.15, -0.1) is 5.10 Å². The zero-order valence-corrected chi connectivity index (χ0v) is 7.77. The topological polar surface area (TPSA) is 76.8 Å². The van der Waals surface area contributed by atoms with E-state index in [0.29, 0.717) is 5.82 Å². The summed E-state index contributed by atoms with van der Waals surface area (Å²) >= 11 is 0. The van der Waals surface area contributed by atoms with Gasteiger partial charge >= 0.3 is 0 Å². The number of nitrogen functional groups attached to an aromatic ring is 1. The number of ether oxygens (including phenoxy) is 1. The second-order valence-electron chi connectivity index (χ2n) is 2.86. The number of nitrogens with two attached hydrogens (primary N) is 1. The van der Waals surface area contributed by atoms with Crippen LogP contribution >= 0.6 is 0 Å². The monoisotopic (exact) mass is 208 g/mol. The molecule has 78 valence electrons. The van der Waals surface area contributed by atoms with E-state index in [1.807, 2.05) is 0 Å². The summed E-state index contributed by atoms with van der Waals surface area (Å²) in [6.07, 6.45) is 0. The molecule has 0 aliphatic rings. The highest BCUT2D eigenvalue weighted by Gasteiger charge is 2.04. The molecular weight excluding hydrogens is 199 g/mol. The Balaban J connectivity index is 2.02. The number of hydrogen-bond acceptors (Lipinski definition) is 4. The molecule has 0 saturated heterocycles. The van der Waals surface area contributed by atoms with E-state index in [1.165, 1.54) is 12.1 Å². The van der Waals surface area contributed by atoms with Gasteiger partial charge in [-0.05, 0) is 12.1 Å². The van der Waals surface area contributed by atoms with Crippen LogP contribution in [0.1, 0.15) is 5.82 Å². The van der Waals surface area contributed by atoms with Crippen LogP contribution in [0.25, 0.3) is 0 Å². The predicted octanol–water partition coefficient (Wildman–Crippen LogP) is 1.10. The van der Waals surface area contributed by atoms with E-state index in [1.54, 1.807) is 12.1 Å². The molecule has 0 spiro atoms. The Kier molecular flexibility index (Phi) is 2.49. The van der Waals surface area contributed by atoms with Crippen molar-refractivity contribution in [3.05, 3.63) is 35.9 Å². The minimum Gasteiger partial charge on any atom is -0.483 e. The summed E-state index contributed by atoms with van der Waals surface area (Å²) in [4.78, 5) is 3.82. The Morgan fingerprint density at radius 2 is 2.20 bits per heavy atom. The van der Waals surface area contributed by atoms with Crippen LogP contribution in [0.4, 0.5) is 10.3 Å². The molecule has 0 aliphatic heterocycles. The zero-order chi connectivity index (χ0) is 10.7. The van der Waals surface area contributed by atoms with Gasteiger partial charge in [0.25, 0.3) is 0 Å². The standard InChI is InChI=1S/C9H9FN4O/c10-6-3-1-2-4-7(6)15-5-8-12-9(11)14-13-8/h1-4H,5H2,(H3,11,12,13,14). The third kappa shape index (κ3) is 2.22. The van der Waals surface area contributed by atoms with E-state index in [0.717, 1.165) is 0 Å². The second kappa shape index (κ2) is 3.95. The van der Waals surface area contributed by atoms with E-state index < -0.39 is 5.82 Å². The Hall–Kier alpha value is -2.11. The molecule has 0 aliphatic carbocycles. The van der Waals surface area contributed by atoms with Gasteiger partial charge in [-0.2, -0.15) is 4.98 Å². The zero-order valence-electron chi connectivity index (χ0n) is 7.77. The molecule has 15 heavy (non-hydrogen) atoms. The van der Waals surface area contributed by atoms with Gasteiger partial charge in [-0.1, -0.05) is 12.1 Å². The highest BCUT2D eigenvalue weighted by molar-refractivity contribution is 5.23. The number of aromatic nitrogens is 3. The lowest BCUT2D eigenvalue weighted by molar-refractivity contribution is 0.281. The molecule has 0 radical (unpaired) electrons. The summed E-state index contributed by atoms with van der Waals surface area (Å²) < 4.78 is 18.3. The molecule has 0 saturated carbocycles. The number of benzene rings is 1. The Morgan fingerprint density at radius 1 is 1.40 bits per heavy atom. The summed E-state index contributed by atoms with van der Waals surface area (Å²) in [5.74, 6) is 0.357. The number of anilines is 1. The van der Waals surface area contributed by atoms with Crippen molar-refractivity contribution in [3.8, 4) is 5.75 Å². The molecule has 6 heteroatoms. The van der Waals surface area contributed by atoms with Crippen LogP contribution in [0.2, 0.25) is 0 Å². The van der Waals surface area contributed by atoms with Crippen LogP contribution in [0.5, 0.6) is 5.75 Å². The van der Waals surface area contributed by atoms with Crippen molar-refractivity contribution < 1.29 is 9.13 Å². The third-order valence-corrected chi connectivity index (χ3v) is 1.75. The lowest BCUT2D eigenvalue weighted by Crippen LogP contribution is -1.99. The normalized spacial score (nSPS) is 10.2. The minimum atomic E-state index is -0.412. The lowest BCUT2D eigenvalue weighted by atomic mass is 10.3. The Morgan fingerprint density at radius 3 is 2.87 bits per heavy atom. The van der Waals surface area contributed by atoms with Crippen LogP contribution in [-0.4, -0.2) is 15.2 Å². The first kappa shape index (κ1) is 9.45. The van der Waals surface area contributed by atoms with Crippen molar-refractivity contribution in [1.29, 1.82) is 0 Å². The molecule has 0 unspecified atom stereocenters. The number of nitrogens with zero attached hydrogens (tertiary/aromatic N) is 2. The fourth-order valence-corrected chi connectivity index (χ4v) is 1.08. The summed E-state index contributed by atoms with van der Waals surface area (Å²) in [7, 11) is 0. The maximum Gasteiger partial charge on any atom is 0.239 e. The lowest BCUT2D eigenvalue weighted by Gasteiger charge is -2.03. The van der Waals surface area contributed by atoms with E-state index in [2.05, 4.69) is 15.2 Å². The molecule has 0 bridgehead atoms. The van der Waals surface area contributed by atoms with Crippen molar-refractivity contribution in [1.82, 2.24) is 15.2 Å². The first-order valence-electron chi connectivity index (χ1n) is 4.30. The summed E-state index contributed by atoms with van der Waals surface area (Å²) in [6, 6.07) is 6.14. The fraction of sp³-hybridized carbons (Fsp3) is 0.111. The molecule has 2 aromatic rings. The predicted molar refractivity (Wildman–Crippen MR) is 51.5 cm³/mol.